The summed E-state index contributed by atoms with van der Waals surface area (Å²) in [7, 11) is 0. The van der Waals surface area contributed by atoms with Crippen LogP contribution in [0.1, 0.15) is 45.1 Å². The first-order valence-corrected chi connectivity index (χ1v) is 8.94. The molecule has 3 amide bonds. The number of benzene rings is 1. The molecule has 1 saturated heterocycles. The summed E-state index contributed by atoms with van der Waals surface area (Å²) in [5.41, 5.74) is 0.544. The van der Waals surface area contributed by atoms with Crippen molar-refractivity contribution in [2.24, 2.45) is 5.92 Å². The Labute approximate surface area is 144 Å². The van der Waals surface area contributed by atoms with Crippen molar-refractivity contribution in [1.29, 1.82) is 0 Å². The van der Waals surface area contributed by atoms with Crippen molar-refractivity contribution in [2.45, 2.75) is 51.6 Å². The molecule has 1 heterocycles. The molecule has 1 saturated carbocycles. The Morgan fingerprint density at radius 1 is 1.21 bits per heavy atom. The average Bonchev–Trinajstić information content (AvgIpc) is 2.82. The number of carbonyl (C=O) groups excluding carboxylic acids is 2. The molecular weight excluding hydrogens is 302 g/mol. The van der Waals surface area contributed by atoms with Gasteiger partial charge in [0.2, 0.25) is 0 Å². The molecule has 1 spiro atoms. The van der Waals surface area contributed by atoms with Crippen molar-refractivity contribution in [3.63, 3.8) is 0 Å². The molecule has 3 rings (SSSR count). The predicted octanol–water partition coefficient (Wildman–Crippen LogP) is 2.97. The fourth-order valence-electron chi connectivity index (χ4n) is 3.70. The number of amides is 3. The highest BCUT2D eigenvalue weighted by molar-refractivity contribution is 6.07. The Balaban J connectivity index is 1.67. The van der Waals surface area contributed by atoms with Crippen molar-refractivity contribution in [2.75, 3.05) is 13.2 Å². The highest BCUT2D eigenvalue weighted by Crippen LogP contribution is 2.36. The molecular formula is C19H27N3O2. The summed E-state index contributed by atoms with van der Waals surface area (Å²) in [6.07, 6.45) is 3.53. The second-order valence-corrected chi connectivity index (χ2v) is 7.20. The molecule has 0 aromatic heterocycles. The minimum absolute atomic E-state index is 0.0362. The monoisotopic (exact) mass is 329 g/mol. The molecule has 1 aromatic rings. The van der Waals surface area contributed by atoms with Gasteiger partial charge in [0.25, 0.3) is 5.91 Å². The quantitative estimate of drug-likeness (QED) is 0.845. The molecule has 24 heavy (non-hydrogen) atoms. The predicted molar refractivity (Wildman–Crippen MR) is 93.1 cm³/mol. The molecule has 0 radical (unpaired) electrons. The third-order valence-corrected chi connectivity index (χ3v) is 5.41. The zero-order valence-corrected chi connectivity index (χ0v) is 14.6. The summed E-state index contributed by atoms with van der Waals surface area (Å²) in [6.45, 7) is 6.14. The van der Waals surface area contributed by atoms with Gasteiger partial charge in [-0.3, -0.25) is 9.69 Å². The number of nitrogens with zero attached hydrogens (tertiary/aromatic N) is 2. The van der Waals surface area contributed by atoms with Gasteiger partial charge in [0.1, 0.15) is 5.54 Å². The molecule has 2 fully saturated rings. The summed E-state index contributed by atoms with van der Waals surface area (Å²) in [5, 5.41) is 2.99. The Bertz CT molecular complexity index is 594. The van der Waals surface area contributed by atoms with Gasteiger partial charge in [0.15, 0.2) is 0 Å². The van der Waals surface area contributed by atoms with Crippen molar-refractivity contribution in [1.82, 2.24) is 15.1 Å². The van der Waals surface area contributed by atoms with Crippen LogP contribution < -0.4 is 5.32 Å². The molecule has 1 aliphatic heterocycles. The fraction of sp³-hybridized carbons (Fsp3) is 0.579. The van der Waals surface area contributed by atoms with Gasteiger partial charge < -0.3 is 5.32 Å². The van der Waals surface area contributed by atoms with E-state index >= 15 is 0 Å². The summed E-state index contributed by atoms with van der Waals surface area (Å²) in [6, 6.07) is 9.91. The molecule has 1 aliphatic carbocycles. The number of hydrogen-bond donors (Lipinski definition) is 1. The highest BCUT2D eigenvalue weighted by Gasteiger charge is 2.52. The van der Waals surface area contributed by atoms with Crippen molar-refractivity contribution in [3.05, 3.63) is 35.9 Å². The minimum Gasteiger partial charge on any atom is -0.323 e. The first-order chi connectivity index (χ1) is 11.5. The normalized spacial score (nSPS) is 27.1. The number of rotatable bonds is 5. The first kappa shape index (κ1) is 17.0. The van der Waals surface area contributed by atoms with Gasteiger partial charge in [-0.2, -0.15) is 0 Å². The molecule has 2 aliphatic rings. The van der Waals surface area contributed by atoms with Crippen molar-refractivity contribution in [3.8, 4) is 0 Å². The van der Waals surface area contributed by atoms with Crippen LogP contribution in [0.3, 0.4) is 0 Å². The highest BCUT2D eigenvalue weighted by atomic mass is 16.2. The lowest BCUT2D eigenvalue weighted by molar-refractivity contribution is -0.134. The van der Waals surface area contributed by atoms with E-state index in [1.807, 2.05) is 18.2 Å². The van der Waals surface area contributed by atoms with E-state index in [1.165, 1.54) is 10.5 Å². The van der Waals surface area contributed by atoms with E-state index in [9.17, 15) is 9.59 Å². The van der Waals surface area contributed by atoms with Crippen molar-refractivity contribution < 1.29 is 9.59 Å². The summed E-state index contributed by atoms with van der Waals surface area (Å²) in [4.78, 5) is 28.9. The number of hydrogen-bond acceptors (Lipinski definition) is 3. The van der Waals surface area contributed by atoms with Crippen LogP contribution in [-0.2, 0) is 11.3 Å². The SMILES string of the molecule is CCN(Cc1ccccc1)CN1C(=O)NC2(CCC(C)CC2)C1=O. The lowest BCUT2D eigenvalue weighted by Gasteiger charge is -2.34. The van der Waals surface area contributed by atoms with Crippen LogP contribution in [0.5, 0.6) is 0 Å². The van der Waals surface area contributed by atoms with Gasteiger partial charge in [0, 0.05) is 6.54 Å². The minimum atomic E-state index is -0.643. The van der Waals surface area contributed by atoms with Gasteiger partial charge in [-0.1, -0.05) is 44.2 Å². The summed E-state index contributed by atoms with van der Waals surface area (Å²) >= 11 is 0. The van der Waals surface area contributed by atoms with Crippen LogP contribution in [0.15, 0.2) is 30.3 Å². The van der Waals surface area contributed by atoms with Crippen molar-refractivity contribution >= 4 is 11.9 Å². The second kappa shape index (κ2) is 6.93. The molecule has 0 atom stereocenters. The van der Waals surface area contributed by atoms with Crippen LogP contribution in [0.4, 0.5) is 4.79 Å². The molecule has 1 aromatic carbocycles. The lowest BCUT2D eigenvalue weighted by atomic mass is 9.77. The van der Waals surface area contributed by atoms with E-state index in [1.54, 1.807) is 0 Å². The molecule has 0 unspecified atom stereocenters. The van der Waals surface area contributed by atoms with Crippen LogP contribution >= 0.6 is 0 Å². The van der Waals surface area contributed by atoms with Crippen LogP contribution in [0, 0.1) is 5.92 Å². The molecule has 1 N–H and O–H groups in total. The average molecular weight is 329 g/mol. The number of imide groups is 1. The Hall–Kier alpha value is -1.88. The Kier molecular flexibility index (Phi) is 4.90. The number of nitrogens with one attached hydrogen (secondary N) is 1. The van der Waals surface area contributed by atoms with Gasteiger partial charge in [-0.25, -0.2) is 9.69 Å². The zero-order chi connectivity index (χ0) is 17.2. The molecule has 5 heteroatoms. The number of urea groups is 1. The van der Waals surface area contributed by atoms with Gasteiger partial charge in [-0.05, 0) is 43.7 Å². The smallest absolute Gasteiger partial charge is 0.323 e. The Morgan fingerprint density at radius 2 is 1.88 bits per heavy atom. The van der Waals surface area contributed by atoms with Gasteiger partial charge in [0.05, 0.1) is 6.67 Å². The van der Waals surface area contributed by atoms with Gasteiger partial charge >= 0.3 is 6.03 Å². The van der Waals surface area contributed by atoms with E-state index in [-0.39, 0.29) is 11.9 Å². The van der Waals surface area contributed by atoms with E-state index in [0.29, 0.717) is 12.6 Å². The van der Waals surface area contributed by atoms with E-state index in [2.05, 4.69) is 36.2 Å². The van der Waals surface area contributed by atoms with Crippen LogP contribution in [0.2, 0.25) is 0 Å². The summed E-state index contributed by atoms with van der Waals surface area (Å²) in [5.74, 6) is 0.602. The Morgan fingerprint density at radius 3 is 2.50 bits per heavy atom. The largest absolute Gasteiger partial charge is 0.326 e. The topological polar surface area (TPSA) is 52.6 Å². The summed E-state index contributed by atoms with van der Waals surface area (Å²) < 4.78 is 0. The van der Waals surface area contributed by atoms with Crippen LogP contribution in [-0.4, -0.2) is 40.5 Å². The van der Waals surface area contributed by atoms with E-state index < -0.39 is 5.54 Å². The molecule has 130 valence electrons. The number of carbonyl (C=O) groups is 2. The zero-order valence-electron chi connectivity index (χ0n) is 14.6. The fourth-order valence-corrected chi connectivity index (χ4v) is 3.70. The molecule has 0 bridgehead atoms. The van der Waals surface area contributed by atoms with E-state index in [4.69, 9.17) is 0 Å². The van der Waals surface area contributed by atoms with Gasteiger partial charge in [-0.15, -0.1) is 0 Å². The molecule has 5 nitrogen and oxygen atoms in total. The first-order valence-electron chi connectivity index (χ1n) is 8.94. The third-order valence-electron chi connectivity index (χ3n) is 5.41. The van der Waals surface area contributed by atoms with E-state index in [0.717, 1.165) is 38.8 Å². The second-order valence-electron chi connectivity index (χ2n) is 7.20. The standard InChI is InChI=1S/C19H27N3O2/c1-3-21(13-16-7-5-4-6-8-16)14-22-17(23)19(20-18(22)24)11-9-15(2)10-12-19/h4-8,15H,3,9-14H2,1-2H3,(H,20,24). The maximum Gasteiger partial charge on any atom is 0.326 e. The third kappa shape index (κ3) is 3.31. The van der Waals surface area contributed by atoms with Crippen LogP contribution in [0.25, 0.3) is 0 Å². The maximum absolute atomic E-state index is 12.9. The lowest BCUT2D eigenvalue weighted by Crippen LogP contribution is -2.50. The maximum atomic E-state index is 12.9.